The topological polar surface area (TPSA) is 20.2 Å². The first-order valence-electron chi connectivity index (χ1n) is 5.71. The lowest BCUT2D eigenvalue weighted by molar-refractivity contribution is 0.0848. The van der Waals surface area contributed by atoms with Crippen LogP contribution in [0.5, 0.6) is 0 Å². The number of benzene rings is 1. The third-order valence-corrected chi connectivity index (χ3v) is 3.56. The van der Waals surface area contributed by atoms with Crippen LogP contribution >= 0.6 is 11.6 Å². The zero-order valence-corrected chi connectivity index (χ0v) is 9.58. The summed E-state index contributed by atoms with van der Waals surface area (Å²) in [5, 5.41) is 10.9. The van der Waals surface area contributed by atoms with E-state index in [2.05, 4.69) is 0 Å². The van der Waals surface area contributed by atoms with E-state index in [0.29, 0.717) is 5.92 Å². The summed E-state index contributed by atoms with van der Waals surface area (Å²) in [6.45, 7) is 0. The van der Waals surface area contributed by atoms with E-state index in [4.69, 9.17) is 11.6 Å². The minimum Gasteiger partial charge on any atom is -0.388 e. The second-order valence-corrected chi connectivity index (χ2v) is 4.83. The van der Waals surface area contributed by atoms with E-state index in [1.165, 1.54) is 19.3 Å². The van der Waals surface area contributed by atoms with Crippen molar-refractivity contribution in [1.29, 1.82) is 0 Å². The molecule has 1 nitrogen and oxygen atoms in total. The van der Waals surface area contributed by atoms with Crippen molar-refractivity contribution in [1.82, 2.24) is 0 Å². The fraction of sp³-hybridized carbons (Fsp3) is 0.538. The summed E-state index contributed by atoms with van der Waals surface area (Å²) in [7, 11) is 0. The molecule has 1 fully saturated rings. The van der Waals surface area contributed by atoms with E-state index >= 15 is 0 Å². The van der Waals surface area contributed by atoms with Crippen LogP contribution in [0.2, 0.25) is 5.02 Å². The van der Waals surface area contributed by atoms with E-state index in [-0.39, 0.29) is 6.10 Å². The molecule has 0 aliphatic heterocycles. The SMILES string of the molecule is O[C@H](c1ccc(Cl)cc1)C1CCCCC1. The molecule has 2 heteroatoms. The molecular weight excluding hydrogens is 208 g/mol. The van der Waals surface area contributed by atoms with Crippen molar-refractivity contribution in [2.24, 2.45) is 5.92 Å². The molecule has 0 radical (unpaired) electrons. The molecule has 0 aromatic heterocycles. The van der Waals surface area contributed by atoms with E-state index in [0.717, 1.165) is 23.4 Å². The number of hydrogen-bond acceptors (Lipinski definition) is 1. The molecule has 1 aliphatic carbocycles. The van der Waals surface area contributed by atoms with Crippen LogP contribution < -0.4 is 0 Å². The van der Waals surface area contributed by atoms with E-state index in [1.807, 2.05) is 24.3 Å². The summed E-state index contributed by atoms with van der Waals surface area (Å²) in [6, 6.07) is 7.56. The molecule has 0 spiro atoms. The van der Waals surface area contributed by atoms with Gasteiger partial charge >= 0.3 is 0 Å². The molecule has 82 valence electrons. The Balaban J connectivity index is 2.05. The van der Waals surface area contributed by atoms with Gasteiger partial charge in [0.05, 0.1) is 6.10 Å². The van der Waals surface area contributed by atoms with Crippen LogP contribution in [0.25, 0.3) is 0 Å². The highest BCUT2D eigenvalue weighted by molar-refractivity contribution is 6.30. The van der Waals surface area contributed by atoms with Crippen LogP contribution in [0.15, 0.2) is 24.3 Å². The quantitative estimate of drug-likeness (QED) is 0.807. The lowest BCUT2D eigenvalue weighted by atomic mass is 9.83. The van der Waals surface area contributed by atoms with Crippen LogP contribution in [-0.2, 0) is 0 Å². The third kappa shape index (κ3) is 2.73. The Hall–Kier alpha value is -0.530. The Morgan fingerprint density at radius 2 is 1.67 bits per heavy atom. The molecule has 1 aliphatic rings. The monoisotopic (exact) mass is 224 g/mol. The molecule has 15 heavy (non-hydrogen) atoms. The van der Waals surface area contributed by atoms with Gasteiger partial charge in [0.1, 0.15) is 0 Å². The summed E-state index contributed by atoms with van der Waals surface area (Å²) >= 11 is 5.82. The minimum absolute atomic E-state index is 0.303. The molecule has 2 rings (SSSR count). The smallest absolute Gasteiger partial charge is 0.0818 e. The van der Waals surface area contributed by atoms with Gasteiger partial charge in [-0.1, -0.05) is 43.0 Å². The summed E-state index contributed by atoms with van der Waals surface area (Å²) in [6.07, 6.45) is 5.85. The number of aliphatic hydroxyl groups is 1. The van der Waals surface area contributed by atoms with Crippen molar-refractivity contribution in [2.45, 2.75) is 38.2 Å². The predicted molar refractivity (Wildman–Crippen MR) is 63.0 cm³/mol. The molecule has 1 saturated carbocycles. The second kappa shape index (κ2) is 5.00. The van der Waals surface area contributed by atoms with Gasteiger partial charge in [-0.05, 0) is 36.5 Å². The fourth-order valence-electron chi connectivity index (χ4n) is 2.38. The van der Waals surface area contributed by atoms with Gasteiger partial charge in [0.25, 0.3) is 0 Å². The summed E-state index contributed by atoms with van der Waals surface area (Å²) in [5.41, 5.74) is 1.01. The Kier molecular flexibility index (Phi) is 3.66. The van der Waals surface area contributed by atoms with Crippen LogP contribution in [0, 0.1) is 5.92 Å². The summed E-state index contributed by atoms with van der Waals surface area (Å²) in [4.78, 5) is 0. The number of rotatable bonds is 2. The van der Waals surface area contributed by atoms with Crippen molar-refractivity contribution in [2.75, 3.05) is 0 Å². The second-order valence-electron chi connectivity index (χ2n) is 4.39. The van der Waals surface area contributed by atoms with Gasteiger partial charge in [0, 0.05) is 5.02 Å². The highest BCUT2D eigenvalue weighted by atomic mass is 35.5. The normalized spacial score (nSPS) is 20.1. The van der Waals surface area contributed by atoms with Crippen LogP contribution in [0.1, 0.15) is 43.8 Å². The molecule has 0 bridgehead atoms. The average molecular weight is 225 g/mol. The molecule has 1 aromatic carbocycles. The fourth-order valence-corrected chi connectivity index (χ4v) is 2.51. The summed E-state index contributed by atoms with van der Waals surface area (Å²) < 4.78 is 0. The zero-order valence-electron chi connectivity index (χ0n) is 8.82. The molecular formula is C13H17ClO. The van der Waals surface area contributed by atoms with Gasteiger partial charge < -0.3 is 5.11 Å². The molecule has 1 atom stereocenters. The maximum atomic E-state index is 10.2. The predicted octanol–water partition coefficient (Wildman–Crippen LogP) is 3.95. The lowest BCUT2D eigenvalue weighted by Gasteiger charge is -2.26. The number of halogens is 1. The third-order valence-electron chi connectivity index (χ3n) is 3.31. The van der Waals surface area contributed by atoms with Crippen molar-refractivity contribution < 1.29 is 5.11 Å². The maximum absolute atomic E-state index is 10.2. The first-order chi connectivity index (χ1) is 7.27. The van der Waals surface area contributed by atoms with E-state index in [1.54, 1.807) is 0 Å². The molecule has 0 saturated heterocycles. The molecule has 0 heterocycles. The Labute approximate surface area is 96.1 Å². The lowest BCUT2D eigenvalue weighted by Crippen LogP contribution is -2.15. The Bertz CT molecular complexity index is 301. The standard InChI is InChI=1S/C13H17ClO/c14-12-8-6-11(7-9-12)13(15)10-4-2-1-3-5-10/h6-10,13,15H,1-5H2/t13-/m0/s1. The van der Waals surface area contributed by atoms with Crippen LogP contribution in [-0.4, -0.2) is 5.11 Å². The number of aliphatic hydroxyl groups excluding tert-OH is 1. The van der Waals surface area contributed by atoms with Crippen molar-refractivity contribution >= 4 is 11.6 Å². The van der Waals surface area contributed by atoms with E-state index < -0.39 is 0 Å². The number of hydrogen-bond donors (Lipinski definition) is 1. The van der Waals surface area contributed by atoms with Crippen molar-refractivity contribution in [3.8, 4) is 0 Å². The van der Waals surface area contributed by atoms with Crippen molar-refractivity contribution in [3.63, 3.8) is 0 Å². The average Bonchev–Trinajstić information content (AvgIpc) is 2.30. The minimum atomic E-state index is -0.303. The van der Waals surface area contributed by atoms with Gasteiger partial charge in [0.2, 0.25) is 0 Å². The highest BCUT2D eigenvalue weighted by Gasteiger charge is 2.22. The molecule has 1 N–H and O–H groups in total. The molecule has 0 unspecified atom stereocenters. The van der Waals surface area contributed by atoms with Gasteiger partial charge in [-0.25, -0.2) is 0 Å². The summed E-state index contributed by atoms with van der Waals surface area (Å²) in [5.74, 6) is 0.444. The van der Waals surface area contributed by atoms with Gasteiger partial charge in [-0.2, -0.15) is 0 Å². The first kappa shape index (κ1) is 11.0. The van der Waals surface area contributed by atoms with E-state index in [9.17, 15) is 5.11 Å². The highest BCUT2D eigenvalue weighted by Crippen LogP contribution is 2.34. The molecule has 1 aromatic rings. The first-order valence-corrected chi connectivity index (χ1v) is 6.09. The molecule has 0 amide bonds. The Morgan fingerprint density at radius 1 is 1.07 bits per heavy atom. The van der Waals surface area contributed by atoms with Crippen LogP contribution in [0.4, 0.5) is 0 Å². The largest absolute Gasteiger partial charge is 0.388 e. The maximum Gasteiger partial charge on any atom is 0.0818 e. The zero-order chi connectivity index (χ0) is 10.7. The van der Waals surface area contributed by atoms with Gasteiger partial charge in [-0.15, -0.1) is 0 Å². The van der Waals surface area contributed by atoms with Crippen LogP contribution in [0.3, 0.4) is 0 Å². The van der Waals surface area contributed by atoms with Gasteiger partial charge in [0.15, 0.2) is 0 Å². The Morgan fingerprint density at radius 3 is 2.27 bits per heavy atom. The van der Waals surface area contributed by atoms with Crippen molar-refractivity contribution in [3.05, 3.63) is 34.9 Å². The van der Waals surface area contributed by atoms with Gasteiger partial charge in [-0.3, -0.25) is 0 Å².